The minimum Gasteiger partial charge on any atom is -0.375 e. The number of fused-ring (bicyclic) bond motifs is 1. The van der Waals surface area contributed by atoms with Gasteiger partial charge in [0.05, 0.1) is 11.7 Å². The summed E-state index contributed by atoms with van der Waals surface area (Å²) in [5.41, 5.74) is 1.57. The average molecular weight is 328 g/mol. The van der Waals surface area contributed by atoms with E-state index >= 15 is 0 Å². The number of rotatable bonds is 3. The molecule has 0 radical (unpaired) electrons. The molecule has 2 saturated heterocycles. The lowest BCUT2D eigenvalue weighted by atomic mass is 10.2. The van der Waals surface area contributed by atoms with Gasteiger partial charge < -0.3 is 18.9 Å². The number of amides is 1. The van der Waals surface area contributed by atoms with E-state index in [1.165, 1.54) is 12.8 Å². The molecule has 0 unspecified atom stereocenters. The molecular weight excluding hydrogens is 304 g/mol. The van der Waals surface area contributed by atoms with E-state index in [-0.39, 0.29) is 12.0 Å². The molecule has 0 saturated carbocycles. The first-order valence-corrected chi connectivity index (χ1v) is 8.85. The van der Waals surface area contributed by atoms with Crippen LogP contribution in [0.5, 0.6) is 0 Å². The average Bonchev–Trinajstić information content (AvgIpc) is 3.22. The third-order valence-corrected chi connectivity index (χ3v) is 4.93. The van der Waals surface area contributed by atoms with Gasteiger partial charge in [0.15, 0.2) is 0 Å². The largest absolute Gasteiger partial charge is 0.375 e. The zero-order valence-corrected chi connectivity index (χ0v) is 13.9. The fraction of sp³-hybridized carbons (Fsp3) is 0.556. The Balaban J connectivity index is 1.47. The van der Waals surface area contributed by atoms with Crippen LogP contribution in [0.3, 0.4) is 0 Å². The third-order valence-electron chi connectivity index (χ3n) is 4.93. The summed E-state index contributed by atoms with van der Waals surface area (Å²) in [5, 5.41) is 0. The molecule has 0 spiro atoms. The van der Waals surface area contributed by atoms with Crippen LogP contribution in [0.1, 0.15) is 29.6 Å². The number of aromatic nitrogens is 2. The molecule has 0 aromatic carbocycles. The van der Waals surface area contributed by atoms with Crippen molar-refractivity contribution in [3.05, 3.63) is 36.3 Å². The van der Waals surface area contributed by atoms with E-state index in [4.69, 9.17) is 4.74 Å². The second-order valence-corrected chi connectivity index (χ2v) is 6.72. The molecule has 6 nitrogen and oxygen atoms in total. The van der Waals surface area contributed by atoms with Gasteiger partial charge in [-0.2, -0.15) is 0 Å². The van der Waals surface area contributed by atoms with Gasteiger partial charge in [-0.3, -0.25) is 4.79 Å². The van der Waals surface area contributed by atoms with Gasteiger partial charge in [0.1, 0.15) is 5.65 Å². The van der Waals surface area contributed by atoms with Gasteiger partial charge in [-0.1, -0.05) is 0 Å². The van der Waals surface area contributed by atoms with Crippen molar-refractivity contribution in [1.29, 1.82) is 0 Å². The van der Waals surface area contributed by atoms with E-state index in [9.17, 15) is 4.79 Å². The first kappa shape index (κ1) is 15.6. The lowest BCUT2D eigenvalue weighted by molar-refractivity contribution is 0.0297. The molecule has 2 aromatic rings. The third kappa shape index (κ3) is 3.30. The van der Waals surface area contributed by atoms with Gasteiger partial charge >= 0.3 is 0 Å². The van der Waals surface area contributed by atoms with Crippen LogP contribution in [-0.2, 0) is 4.74 Å². The summed E-state index contributed by atoms with van der Waals surface area (Å²) >= 11 is 0. The number of ether oxygens (including phenoxy) is 1. The summed E-state index contributed by atoms with van der Waals surface area (Å²) in [6.07, 6.45) is 9.05. The minimum atomic E-state index is 0.0857. The van der Waals surface area contributed by atoms with Crippen molar-refractivity contribution in [3.8, 4) is 0 Å². The molecule has 1 amide bonds. The SMILES string of the molecule is O=C(c1ccc2nccn2c1)N1CCCO[C@@H](CN2CCCC2)C1. The lowest BCUT2D eigenvalue weighted by Gasteiger charge is -2.27. The van der Waals surface area contributed by atoms with Gasteiger partial charge in [0.2, 0.25) is 0 Å². The zero-order valence-electron chi connectivity index (χ0n) is 13.9. The van der Waals surface area contributed by atoms with Crippen molar-refractivity contribution >= 4 is 11.6 Å². The van der Waals surface area contributed by atoms with Gasteiger partial charge in [-0.05, 0) is 44.5 Å². The second kappa shape index (κ2) is 6.91. The van der Waals surface area contributed by atoms with E-state index in [1.54, 1.807) is 6.20 Å². The Labute approximate surface area is 142 Å². The predicted molar refractivity (Wildman–Crippen MR) is 91.1 cm³/mol. The summed E-state index contributed by atoms with van der Waals surface area (Å²) < 4.78 is 7.88. The molecule has 24 heavy (non-hydrogen) atoms. The zero-order chi connectivity index (χ0) is 16.4. The predicted octanol–water partition coefficient (Wildman–Crippen LogP) is 1.66. The van der Waals surface area contributed by atoms with Crippen molar-refractivity contribution in [2.24, 2.45) is 0 Å². The van der Waals surface area contributed by atoms with Crippen LogP contribution >= 0.6 is 0 Å². The molecule has 1 atom stereocenters. The fourth-order valence-electron chi connectivity index (χ4n) is 3.67. The molecule has 4 heterocycles. The second-order valence-electron chi connectivity index (χ2n) is 6.72. The number of likely N-dealkylation sites (tertiary alicyclic amines) is 1. The van der Waals surface area contributed by atoms with Gasteiger partial charge in [-0.15, -0.1) is 0 Å². The highest BCUT2D eigenvalue weighted by atomic mass is 16.5. The number of imidazole rings is 1. The lowest BCUT2D eigenvalue weighted by Crippen LogP contribution is -2.41. The number of pyridine rings is 1. The Bertz CT molecular complexity index is 708. The molecule has 0 bridgehead atoms. The Morgan fingerprint density at radius 2 is 2.08 bits per heavy atom. The Morgan fingerprint density at radius 3 is 2.96 bits per heavy atom. The maximum atomic E-state index is 12.9. The van der Waals surface area contributed by atoms with Crippen LogP contribution in [0.15, 0.2) is 30.7 Å². The maximum absolute atomic E-state index is 12.9. The number of hydrogen-bond acceptors (Lipinski definition) is 4. The van der Waals surface area contributed by atoms with Crippen LogP contribution in [0.4, 0.5) is 0 Å². The minimum absolute atomic E-state index is 0.0857. The van der Waals surface area contributed by atoms with E-state index < -0.39 is 0 Å². The Morgan fingerprint density at radius 1 is 1.21 bits per heavy atom. The molecule has 6 heteroatoms. The highest BCUT2D eigenvalue weighted by molar-refractivity contribution is 5.94. The number of hydrogen-bond donors (Lipinski definition) is 0. The standard InChI is InChI=1S/C18H24N4O2/c23-18(15-4-5-17-19-6-10-21(17)12-15)22-9-3-11-24-16(14-22)13-20-7-1-2-8-20/h4-6,10,12,16H,1-3,7-9,11,13-14H2/t16-/m0/s1. The van der Waals surface area contributed by atoms with Crippen LogP contribution in [0.25, 0.3) is 5.65 Å². The molecule has 2 aliphatic heterocycles. The molecule has 2 aromatic heterocycles. The molecule has 4 rings (SSSR count). The Kier molecular flexibility index (Phi) is 4.49. The summed E-state index contributed by atoms with van der Waals surface area (Å²) in [6.45, 7) is 5.43. The quantitative estimate of drug-likeness (QED) is 0.860. The summed E-state index contributed by atoms with van der Waals surface area (Å²) in [5.74, 6) is 0.0857. The smallest absolute Gasteiger partial charge is 0.255 e. The summed E-state index contributed by atoms with van der Waals surface area (Å²) in [6, 6.07) is 3.76. The number of nitrogens with zero attached hydrogens (tertiary/aromatic N) is 4. The monoisotopic (exact) mass is 328 g/mol. The highest BCUT2D eigenvalue weighted by Crippen LogP contribution is 2.15. The fourth-order valence-corrected chi connectivity index (χ4v) is 3.67. The van der Waals surface area contributed by atoms with Crippen LogP contribution < -0.4 is 0 Å². The van der Waals surface area contributed by atoms with Gasteiger partial charge in [0, 0.05) is 44.8 Å². The maximum Gasteiger partial charge on any atom is 0.255 e. The molecule has 0 aliphatic carbocycles. The summed E-state index contributed by atoms with van der Waals surface area (Å²) in [4.78, 5) is 21.6. The van der Waals surface area contributed by atoms with Crippen molar-refractivity contribution in [3.63, 3.8) is 0 Å². The van der Waals surface area contributed by atoms with Crippen molar-refractivity contribution in [2.45, 2.75) is 25.4 Å². The van der Waals surface area contributed by atoms with Crippen molar-refractivity contribution < 1.29 is 9.53 Å². The normalized spacial score (nSPS) is 22.8. The van der Waals surface area contributed by atoms with E-state index in [2.05, 4.69) is 9.88 Å². The first-order chi connectivity index (χ1) is 11.8. The summed E-state index contributed by atoms with van der Waals surface area (Å²) in [7, 11) is 0. The molecule has 2 fully saturated rings. The van der Waals surface area contributed by atoms with E-state index in [1.807, 2.05) is 33.8 Å². The topological polar surface area (TPSA) is 50.1 Å². The number of carbonyl (C=O) groups excluding carboxylic acids is 1. The van der Waals surface area contributed by atoms with Crippen LogP contribution in [-0.4, -0.2) is 70.5 Å². The molecular formula is C18H24N4O2. The van der Waals surface area contributed by atoms with E-state index in [0.29, 0.717) is 12.1 Å². The highest BCUT2D eigenvalue weighted by Gasteiger charge is 2.26. The van der Waals surface area contributed by atoms with Gasteiger partial charge in [0.25, 0.3) is 5.91 Å². The van der Waals surface area contributed by atoms with Crippen molar-refractivity contribution in [1.82, 2.24) is 19.2 Å². The molecule has 2 aliphatic rings. The van der Waals surface area contributed by atoms with Crippen LogP contribution in [0, 0.1) is 0 Å². The van der Waals surface area contributed by atoms with E-state index in [0.717, 1.165) is 44.9 Å². The van der Waals surface area contributed by atoms with Crippen molar-refractivity contribution in [2.75, 3.05) is 39.3 Å². The van der Waals surface area contributed by atoms with Crippen LogP contribution in [0.2, 0.25) is 0 Å². The Hall–Kier alpha value is -1.92. The molecule has 128 valence electrons. The molecule has 0 N–H and O–H groups in total. The first-order valence-electron chi connectivity index (χ1n) is 8.85. The van der Waals surface area contributed by atoms with Gasteiger partial charge in [-0.25, -0.2) is 4.98 Å². The number of carbonyl (C=O) groups is 1.